The minimum atomic E-state index is -0.561. The van der Waals surface area contributed by atoms with E-state index in [0.29, 0.717) is 24.7 Å². The fraction of sp³-hybridized carbons (Fsp3) is 0.333. The quantitative estimate of drug-likeness (QED) is 0.778. The molecule has 5 nitrogen and oxygen atoms in total. The third kappa shape index (κ3) is 6.18. The van der Waals surface area contributed by atoms with Gasteiger partial charge in [-0.05, 0) is 29.8 Å². The van der Waals surface area contributed by atoms with E-state index in [1.54, 1.807) is 6.20 Å². The molecule has 0 spiro atoms. The number of aliphatic hydroxyl groups excluding tert-OH is 1. The zero-order valence-electron chi connectivity index (χ0n) is 11.6. The Kier molecular flexibility index (Phi) is 6.56. The van der Waals surface area contributed by atoms with Gasteiger partial charge in [0.2, 0.25) is 0 Å². The van der Waals surface area contributed by atoms with Crippen LogP contribution in [0.15, 0.2) is 42.6 Å². The summed E-state index contributed by atoms with van der Waals surface area (Å²) in [6.07, 6.45) is 1.07. The van der Waals surface area contributed by atoms with Gasteiger partial charge < -0.3 is 15.2 Å². The lowest BCUT2D eigenvalue weighted by molar-refractivity contribution is 0.0287. The summed E-state index contributed by atoms with van der Waals surface area (Å²) in [5.41, 5.74) is 1.87. The number of rotatable bonds is 8. The van der Waals surface area contributed by atoms with Gasteiger partial charge in [0.1, 0.15) is 0 Å². The van der Waals surface area contributed by atoms with Crippen LogP contribution in [0.25, 0.3) is 0 Å². The molecule has 0 aliphatic rings. The summed E-state index contributed by atoms with van der Waals surface area (Å²) >= 11 is 5.81. The van der Waals surface area contributed by atoms with E-state index in [1.807, 2.05) is 36.4 Å². The second-order valence-corrected chi connectivity index (χ2v) is 5.08. The fourth-order valence-corrected chi connectivity index (χ4v) is 1.87. The van der Waals surface area contributed by atoms with Crippen molar-refractivity contribution in [2.75, 3.05) is 13.2 Å². The Balaban J connectivity index is 1.59. The Morgan fingerprint density at radius 1 is 1.24 bits per heavy atom. The first-order valence-electron chi connectivity index (χ1n) is 6.71. The molecule has 6 heteroatoms. The number of aromatic nitrogens is 2. The number of nitrogens with one attached hydrogen (secondary N) is 1. The molecule has 0 fully saturated rings. The molecule has 0 bridgehead atoms. The van der Waals surface area contributed by atoms with Gasteiger partial charge in [0.05, 0.1) is 25.0 Å². The molecule has 0 aliphatic carbocycles. The van der Waals surface area contributed by atoms with Crippen molar-refractivity contribution in [3.63, 3.8) is 0 Å². The molecule has 1 unspecified atom stereocenters. The lowest BCUT2D eigenvalue weighted by Gasteiger charge is -2.12. The van der Waals surface area contributed by atoms with Crippen molar-refractivity contribution in [1.29, 1.82) is 0 Å². The predicted octanol–water partition coefficient (Wildman–Crippen LogP) is 1.80. The van der Waals surface area contributed by atoms with Crippen LogP contribution in [-0.4, -0.2) is 34.6 Å². The van der Waals surface area contributed by atoms with Crippen LogP contribution in [0.5, 0.6) is 0 Å². The highest BCUT2D eigenvalue weighted by Gasteiger charge is 2.04. The highest BCUT2D eigenvalue weighted by Crippen LogP contribution is 2.10. The fourth-order valence-electron chi connectivity index (χ4n) is 1.75. The first-order valence-corrected chi connectivity index (χ1v) is 7.09. The first-order chi connectivity index (χ1) is 10.2. The monoisotopic (exact) mass is 307 g/mol. The minimum Gasteiger partial charge on any atom is -0.389 e. The van der Waals surface area contributed by atoms with Crippen LogP contribution >= 0.6 is 11.6 Å². The lowest BCUT2D eigenvalue weighted by Crippen LogP contribution is -2.30. The number of ether oxygens (including phenoxy) is 1. The summed E-state index contributed by atoms with van der Waals surface area (Å²) in [7, 11) is 0. The van der Waals surface area contributed by atoms with E-state index in [0.717, 1.165) is 11.3 Å². The molecule has 1 aromatic heterocycles. The van der Waals surface area contributed by atoms with Crippen LogP contribution < -0.4 is 5.32 Å². The standard InChI is InChI=1S/C15H18ClN3O2/c16-13-5-3-12(4-6-13)10-21-11-15(20)9-17-8-14-2-1-7-18-19-14/h1-7,15,17,20H,8-11H2. The maximum Gasteiger partial charge on any atom is 0.0897 e. The van der Waals surface area contributed by atoms with E-state index in [-0.39, 0.29) is 6.61 Å². The van der Waals surface area contributed by atoms with E-state index in [4.69, 9.17) is 16.3 Å². The Morgan fingerprint density at radius 2 is 2.05 bits per heavy atom. The molecule has 0 saturated carbocycles. The van der Waals surface area contributed by atoms with Crippen molar-refractivity contribution in [2.45, 2.75) is 19.3 Å². The average Bonchev–Trinajstić information content (AvgIpc) is 2.50. The molecule has 0 aliphatic heterocycles. The van der Waals surface area contributed by atoms with Crippen LogP contribution in [0, 0.1) is 0 Å². The van der Waals surface area contributed by atoms with Crippen LogP contribution in [0.3, 0.4) is 0 Å². The van der Waals surface area contributed by atoms with Crippen molar-refractivity contribution in [1.82, 2.24) is 15.5 Å². The van der Waals surface area contributed by atoms with Gasteiger partial charge in [0.15, 0.2) is 0 Å². The molecule has 0 radical (unpaired) electrons. The maximum absolute atomic E-state index is 9.80. The molecule has 2 N–H and O–H groups in total. The Labute approximate surface area is 128 Å². The van der Waals surface area contributed by atoms with E-state index in [1.165, 1.54) is 0 Å². The predicted molar refractivity (Wildman–Crippen MR) is 80.9 cm³/mol. The molecule has 112 valence electrons. The molecule has 0 saturated heterocycles. The largest absolute Gasteiger partial charge is 0.389 e. The number of hydrogen-bond donors (Lipinski definition) is 2. The van der Waals surface area contributed by atoms with Crippen molar-refractivity contribution in [2.24, 2.45) is 0 Å². The zero-order chi connectivity index (χ0) is 14.9. The van der Waals surface area contributed by atoms with Gasteiger partial charge in [-0.2, -0.15) is 10.2 Å². The molecule has 1 heterocycles. The van der Waals surface area contributed by atoms with Crippen molar-refractivity contribution < 1.29 is 9.84 Å². The first kappa shape index (κ1) is 15.9. The summed E-state index contributed by atoms with van der Waals surface area (Å²) in [5, 5.41) is 21.3. The number of benzene rings is 1. The van der Waals surface area contributed by atoms with Crippen LogP contribution in [0.2, 0.25) is 5.02 Å². The highest BCUT2D eigenvalue weighted by atomic mass is 35.5. The van der Waals surface area contributed by atoms with E-state index in [9.17, 15) is 5.11 Å². The average molecular weight is 308 g/mol. The molecular weight excluding hydrogens is 290 g/mol. The van der Waals surface area contributed by atoms with Gasteiger partial charge in [-0.1, -0.05) is 23.7 Å². The molecular formula is C15H18ClN3O2. The Hall–Kier alpha value is -1.53. The minimum absolute atomic E-state index is 0.274. The topological polar surface area (TPSA) is 67.3 Å². The molecule has 0 amide bonds. The van der Waals surface area contributed by atoms with Crippen molar-refractivity contribution in [3.8, 4) is 0 Å². The number of aliphatic hydroxyl groups is 1. The van der Waals surface area contributed by atoms with Gasteiger partial charge in [0.25, 0.3) is 0 Å². The number of hydrogen-bond acceptors (Lipinski definition) is 5. The van der Waals surface area contributed by atoms with Gasteiger partial charge in [-0.25, -0.2) is 0 Å². The second-order valence-electron chi connectivity index (χ2n) is 4.64. The summed E-state index contributed by atoms with van der Waals surface area (Å²) in [6, 6.07) is 11.2. The molecule has 21 heavy (non-hydrogen) atoms. The Bertz CT molecular complexity index is 522. The molecule has 2 aromatic rings. The SMILES string of the molecule is OC(CNCc1cccnn1)COCc1ccc(Cl)cc1. The third-order valence-corrected chi connectivity index (χ3v) is 3.06. The summed E-state index contributed by atoms with van der Waals surface area (Å²) < 4.78 is 5.46. The summed E-state index contributed by atoms with van der Waals surface area (Å²) in [5.74, 6) is 0. The van der Waals surface area contributed by atoms with E-state index >= 15 is 0 Å². The van der Waals surface area contributed by atoms with Crippen LogP contribution in [-0.2, 0) is 17.9 Å². The van der Waals surface area contributed by atoms with Gasteiger partial charge >= 0.3 is 0 Å². The number of nitrogens with zero attached hydrogens (tertiary/aromatic N) is 2. The van der Waals surface area contributed by atoms with E-state index < -0.39 is 6.10 Å². The molecule has 1 aromatic carbocycles. The normalized spacial score (nSPS) is 12.3. The molecule has 1 atom stereocenters. The van der Waals surface area contributed by atoms with Gasteiger partial charge in [-0.15, -0.1) is 0 Å². The summed E-state index contributed by atoms with van der Waals surface area (Å²) in [4.78, 5) is 0. The second kappa shape index (κ2) is 8.69. The molecule has 2 rings (SSSR count). The van der Waals surface area contributed by atoms with Crippen molar-refractivity contribution in [3.05, 3.63) is 58.9 Å². The smallest absolute Gasteiger partial charge is 0.0897 e. The van der Waals surface area contributed by atoms with Gasteiger partial charge in [0, 0.05) is 24.3 Å². The van der Waals surface area contributed by atoms with Crippen molar-refractivity contribution >= 4 is 11.6 Å². The Morgan fingerprint density at radius 3 is 2.76 bits per heavy atom. The van der Waals surface area contributed by atoms with Gasteiger partial charge in [-0.3, -0.25) is 0 Å². The van der Waals surface area contributed by atoms with Crippen LogP contribution in [0.1, 0.15) is 11.3 Å². The zero-order valence-corrected chi connectivity index (χ0v) is 12.3. The van der Waals surface area contributed by atoms with Crippen LogP contribution in [0.4, 0.5) is 0 Å². The third-order valence-electron chi connectivity index (χ3n) is 2.81. The summed E-state index contributed by atoms with van der Waals surface area (Å²) in [6.45, 7) is 1.74. The van der Waals surface area contributed by atoms with E-state index in [2.05, 4.69) is 15.5 Å². The maximum atomic E-state index is 9.80. The lowest BCUT2D eigenvalue weighted by atomic mass is 10.2. The number of halogens is 1. The highest BCUT2D eigenvalue weighted by molar-refractivity contribution is 6.30.